The molecule has 0 atom stereocenters. The molecular weight excluding hydrogens is 374 g/mol. The van der Waals surface area contributed by atoms with Gasteiger partial charge in [-0.2, -0.15) is 4.98 Å². The molecule has 0 spiro atoms. The van der Waals surface area contributed by atoms with Crippen LogP contribution in [0.4, 0.5) is 0 Å². The van der Waals surface area contributed by atoms with Crippen molar-refractivity contribution >= 4 is 28.3 Å². The number of benzene rings is 3. The van der Waals surface area contributed by atoms with Crippen LogP contribution >= 0.6 is 11.6 Å². The number of rotatable bonds is 6. The molecule has 28 heavy (non-hydrogen) atoms. The number of amides is 1. The maximum Gasteiger partial charge on any atom is 0.227 e. The van der Waals surface area contributed by atoms with Crippen molar-refractivity contribution < 1.29 is 9.32 Å². The third-order valence-corrected chi connectivity index (χ3v) is 4.72. The molecule has 0 saturated carbocycles. The Balaban J connectivity index is 1.37. The third-order valence-electron chi connectivity index (χ3n) is 4.47. The van der Waals surface area contributed by atoms with Gasteiger partial charge in [0.15, 0.2) is 0 Å². The van der Waals surface area contributed by atoms with Gasteiger partial charge in [0.05, 0.1) is 0 Å². The Labute approximate surface area is 167 Å². The monoisotopic (exact) mass is 391 g/mol. The van der Waals surface area contributed by atoms with Crippen LogP contribution in [-0.4, -0.2) is 16.0 Å². The number of carbonyl (C=O) groups excluding carboxylic acids is 1. The zero-order valence-corrected chi connectivity index (χ0v) is 15.8. The van der Waals surface area contributed by atoms with E-state index in [1.165, 1.54) is 0 Å². The number of nitrogens with zero attached hydrogens (tertiary/aromatic N) is 2. The first kappa shape index (κ1) is 18.2. The minimum atomic E-state index is -0.0696. The standard InChI is InChI=1S/C22H18ClN3O2/c23-17-10-8-15(9-11-17)14-24-20(27)12-13-21-25-22(26-28-21)19-7-3-5-16-4-1-2-6-18(16)19/h1-11H,12-14H2,(H,24,27). The van der Waals surface area contributed by atoms with Gasteiger partial charge < -0.3 is 9.84 Å². The molecule has 0 saturated heterocycles. The fraction of sp³-hybridized carbons (Fsp3) is 0.136. The van der Waals surface area contributed by atoms with Crippen molar-refractivity contribution in [1.82, 2.24) is 15.5 Å². The molecule has 4 rings (SSSR count). The maximum atomic E-state index is 12.1. The van der Waals surface area contributed by atoms with E-state index >= 15 is 0 Å². The summed E-state index contributed by atoms with van der Waals surface area (Å²) in [4.78, 5) is 16.5. The minimum absolute atomic E-state index is 0.0696. The second kappa shape index (κ2) is 8.23. The molecule has 1 amide bonds. The number of hydrogen-bond donors (Lipinski definition) is 1. The fourth-order valence-corrected chi connectivity index (χ4v) is 3.12. The summed E-state index contributed by atoms with van der Waals surface area (Å²) < 4.78 is 5.34. The second-order valence-corrected chi connectivity index (χ2v) is 6.88. The highest BCUT2D eigenvalue weighted by Crippen LogP contribution is 2.26. The summed E-state index contributed by atoms with van der Waals surface area (Å²) in [5.74, 6) is 0.915. The lowest BCUT2D eigenvalue weighted by atomic mass is 10.0. The van der Waals surface area contributed by atoms with Gasteiger partial charge in [-0.1, -0.05) is 71.4 Å². The van der Waals surface area contributed by atoms with Gasteiger partial charge in [0.25, 0.3) is 0 Å². The summed E-state index contributed by atoms with van der Waals surface area (Å²) in [5.41, 5.74) is 1.91. The zero-order chi connectivity index (χ0) is 19.3. The van der Waals surface area contributed by atoms with E-state index in [4.69, 9.17) is 16.1 Å². The van der Waals surface area contributed by atoms with Crippen molar-refractivity contribution in [2.45, 2.75) is 19.4 Å². The lowest BCUT2D eigenvalue weighted by Crippen LogP contribution is -2.23. The van der Waals surface area contributed by atoms with Gasteiger partial charge in [-0.25, -0.2) is 0 Å². The molecule has 0 bridgehead atoms. The van der Waals surface area contributed by atoms with E-state index in [1.54, 1.807) is 12.1 Å². The molecule has 1 heterocycles. The van der Waals surface area contributed by atoms with E-state index in [2.05, 4.69) is 15.5 Å². The van der Waals surface area contributed by atoms with Crippen LogP contribution in [-0.2, 0) is 17.8 Å². The van der Waals surface area contributed by atoms with Crippen molar-refractivity contribution in [1.29, 1.82) is 0 Å². The van der Waals surface area contributed by atoms with E-state index in [0.29, 0.717) is 29.7 Å². The SMILES string of the molecule is O=C(CCc1nc(-c2cccc3ccccc23)no1)NCc1ccc(Cl)cc1. The highest BCUT2D eigenvalue weighted by Gasteiger charge is 2.12. The predicted molar refractivity (Wildman–Crippen MR) is 109 cm³/mol. The Morgan fingerprint density at radius 3 is 2.64 bits per heavy atom. The van der Waals surface area contributed by atoms with Crippen molar-refractivity contribution in [3.05, 3.63) is 83.2 Å². The summed E-state index contributed by atoms with van der Waals surface area (Å²) in [5, 5.41) is 9.83. The molecular formula is C22H18ClN3O2. The molecule has 0 aliphatic heterocycles. The topological polar surface area (TPSA) is 68.0 Å². The summed E-state index contributed by atoms with van der Waals surface area (Å²) in [6.45, 7) is 0.459. The lowest BCUT2D eigenvalue weighted by molar-refractivity contribution is -0.121. The normalized spacial score (nSPS) is 10.9. The Kier molecular flexibility index (Phi) is 5.35. The molecule has 0 radical (unpaired) electrons. The Morgan fingerprint density at radius 2 is 1.79 bits per heavy atom. The summed E-state index contributed by atoms with van der Waals surface area (Å²) in [6, 6.07) is 21.4. The number of nitrogens with one attached hydrogen (secondary N) is 1. The highest BCUT2D eigenvalue weighted by atomic mass is 35.5. The number of carbonyl (C=O) groups is 1. The Morgan fingerprint density at radius 1 is 1.00 bits per heavy atom. The Bertz CT molecular complexity index is 1100. The predicted octanol–water partition coefficient (Wildman–Crippen LogP) is 4.79. The van der Waals surface area contributed by atoms with Crippen LogP contribution in [0.3, 0.4) is 0 Å². The van der Waals surface area contributed by atoms with Crippen LogP contribution in [0.1, 0.15) is 17.9 Å². The minimum Gasteiger partial charge on any atom is -0.352 e. The van der Waals surface area contributed by atoms with Crippen molar-refractivity contribution in [2.75, 3.05) is 0 Å². The van der Waals surface area contributed by atoms with E-state index in [9.17, 15) is 4.79 Å². The van der Waals surface area contributed by atoms with Gasteiger partial charge in [-0.15, -0.1) is 0 Å². The van der Waals surface area contributed by atoms with Crippen LogP contribution in [0, 0.1) is 0 Å². The van der Waals surface area contributed by atoms with Gasteiger partial charge in [0.2, 0.25) is 17.6 Å². The first-order chi connectivity index (χ1) is 13.7. The number of halogens is 1. The van der Waals surface area contributed by atoms with Crippen molar-refractivity contribution in [3.63, 3.8) is 0 Å². The molecule has 0 aliphatic rings. The number of aromatic nitrogens is 2. The van der Waals surface area contributed by atoms with Crippen molar-refractivity contribution in [3.8, 4) is 11.4 Å². The average molecular weight is 392 g/mol. The average Bonchev–Trinajstić information content (AvgIpc) is 3.20. The molecule has 4 aromatic rings. The second-order valence-electron chi connectivity index (χ2n) is 6.44. The molecule has 5 nitrogen and oxygen atoms in total. The summed E-state index contributed by atoms with van der Waals surface area (Å²) in [6.07, 6.45) is 0.676. The van der Waals surface area contributed by atoms with Gasteiger partial charge in [-0.05, 0) is 28.5 Å². The van der Waals surface area contributed by atoms with Gasteiger partial charge in [-0.3, -0.25) is 4.79 Å². The lowest BCUT2D eigenvalue weighted by Gasteiger charge is -2.04. The van der Waals surface area contributed by atoms with Crippen LogP contribution in [0.25, 0.3) is 22.2 Å². The van der Waals surface area contributed by atoms with E-state index in [0.717, 1.165) is 21.9 Å². The molecule has 0 aliphatic carbocycles. The molecule has 0 fully saturated rings. The fourth-order valence-electron chi connectivity index (χ4n) is 3.00. The van der Waals surface area contributed by atoms with Crippen LogP contribution in [0.2, 0.25) is 5.02 Å². The highest BCUT2D eigenvalue weighted by molar-refractivity contribution is 6.30. The molecule has 1 aromatic heterocycles. The molecule has 0 unspecified atom stereocenters. The zero-order valence-electron chi connectivity index (χ0n) is 15.1. The first-order valence-corrected chi connectivity index (χ1v) is 9.39. The smallest absolute Gasteiger partial charge is 0.227 e. The Hall–Kier alpha value is -3.18. The van der Waals surface area contributed by atoms with Crippen LogP contribution in [0.5, 0.6) is 0 Å². The largest absolute Gasteiger partial charge is 0.352 e. The molecule has 1 N–H and O–H groups in total. The van der Waals surface area contributed by atoms with E-state index < -0.39 is 0 Å². The van der Waals surface area contributed by atoms with Crippen molar-refractivity contribution in [2.24, 2.45) is 0 Å². The maximum absolute atomic E-state index is 12.1. The number of fused-ring (bicyclic) bond motifs is 1. The van der Waals surface area contributed by atoms with E-state index in [1.807, 2.05) is 54.6 Å². The third kappa shape index (κ3) is 4.21. The van der Waals surface area contributed by atoms with Gasteiger partial charge in [0.1, 0.15) is 0 Å². The van der Waals surface area contributed by atoms with E-state index in [-0.39, 0.29) is 12.3 Å². The van der Waals surface area contributed by atoms with Gasteiger partial charge in [0, 0.05) is 30.0 Å². The summed E-state index contributed by atoms with van der Waals surface area (Å²) >= 11 is 5.86. The quantitative estimate of drug-likeness (QED) is 0.513. The molecule has 6 heteroatoms. The summed E-state index contributed by atoms with van der Waals surface area (Å²) in [7, 11) is 0. The van der Waals surface area contributed by atoms with Crippen LogP contribution < -0.4 is 5.32 Å². The molecule has 3 aromatic carbocycles. The van der Waals surface area contributed by atoms with Gasteiger partial charge >= 0.3 is 0 Å². The first-order valence-electron chi connectivity index (χ1n) is 9.01. The number of aryl methyl sites for hydroxylation is 1. The molecule has 140 valence electrons. The van der Waals surface area contributed by atoms with Crippen LogP contribution in [0.15, 0.2) is 71.3 Å². The number of hydrogen-bond acceptors (Lipinski definition) is 4.